The van der Waals surface area contributed by atoms with E-state index in [1.807, 2.05) is 6.92 Å². The Labute approximate surface area is 94.0 Å². The number of amides is 1. The molecular formula is C10H16N4O2. The molecule has 0 radical (unpaired) electrons. The van der Waals surface area contributed by atoms with E-state index in [2.05, 4.69) is 15.7 Å². The number of carbonyl (C=O) groups excluding carboxylic acids is 1. The van der Waals surface area contributed by atoms with Crippen molar-refractivity contribution in [3.8, 4) is 0 Å². The van der Waals surface area contributed by atoms with E-state index in [0.717, 1.165) is 13.1 Å². The molecule has 1 amide bonds. The molecule has 16 heavy (non-hydrogen) atoms. The first-order valence-corrected chi connectivity index (χ1v) is 5.22. The molecule has 0 aliphatic carbocycles. The summed E-state index contributed by atoms with van der Waals surface area (Å²) in [6.45, 7) is 3.65. The minimum Gasteiger partial charge on any atom is -0.363 e. The Morgan fingerprint density at radius 1 is 1.75 bits per heavy atom. The topological polar surface area (TPSA) is 68.2 Å². The largest absolute Gasteiger partial charge is 0.363 e. The van der Waals surface area contributed by atoms with Crippen LogP contribution in [0.2, 0.25) is 0 Å². The molecule has 2 heterocycles. The van der Waals surface area contributed by atoms with E-state index in [1.165, 1.54) is 0 Å². The quantitative estimate of drug-likeness (QED) is 0.739. The predicted octanol–water partition coefficient (Wildman–Crippen LogP) is -0.263. The number of hydrogen-bond acceptors (Lipinski definition) is 4. The van der Waals surface area contributed by atoms with Gasteiger partial charge in [-0.15, -0.1) is 0 Å². The highest BCUT2D eigenvalue weighted by molar-refractivity contribution is 5.90. The molecule has 88 valence electrons. The number of nitrogens with one attached hydrogen (secondary N) is 2. The molecule has 0 atom stereocenters. The summed E-state index contributed by atoms with van der Waals surface area (Å²) < 4.78 is 7.11. The average Bonchev–Trinajstić information content (AvgIpc) is 2.59. The third-order valence-corrected chi connectivity index (χ3v) is 2.64. The lowest BCUT2D eigenvalue weighted by Crippen LogP contribution is -2.59. The van der Waals surface area contributed by atoms with Crippen LogP contribution in [-0.4, -0.2) is 41.0 Å². The molecule has 6 nitrogen and oxygen atoms in total. The van der Waals surface area contributed by atoms with Crippen molar-refractivity contribution in [3.63, 3.8) is 0 Å². The fourth-order valence-corrected chi connectivity index (χ4v) is 1.49. The summed E-state index contributed by atoms with van der Waals surface area (Å²) in [5, 5.41) is 9.79. The number of nitrogens with zero attached hydrogens (tertiary/aromatic N) is 2. The monoisotopic (exact) mass is 224 g/mol. The Morgan fingerprint density at radius 2 is 2.50 bits per heavy atom. The van der Waals surface area contributed by atoms with Crippen LogP contribution in [0.4, 0.5) is 5.82 Å². The van der Waals surface area contributed by atoms with Gasteiger partial charge in [-0.25, -0.2) is 0 Å². The highest BCUT2D eigenvalue weighted by Crippen LogP contribution is 2.14. The van der Waals surface area contributed by atoms with Crippen molar-refractivity contribution < 1.29 is 9.53 Å². The smallest absolute Gasteiger partial charge is 0.251 e. The minimum absolute atomic E-state index is 0.0728. The first-order valence-electron chi connectivity index (χ1n) is 5.22. The number of rotatable bonds is 4. The van der Waals surface area contributed by atoms with Crippen LogP contribution in [0.25, 0.3) is 0 Å². The van der Waals surface area contributed by atoms with Crippen LogP contribution >= 0.6 is 0 Å². The second-order valence-corrected chi connectivity index (χ2v) is 4.23. The van der Waals surface area contributed by atoms with Gasteiger partial charge in [-0.05, 0) is 6.92 Å². The van der Waals surface area contributed by atoms with Crippen molar-refractivity contribution in [2.24, 2.45) is 7.05 Å². The molecule has 0 spiro atoms. The van der Waals surface area contributed by atoms with E-state index in [4.69, 9.17) is 4.74 Å². The van der Waals surface area contributed by atoms with Crippen LogP contribution in [0.3, 0.4) is 0 Å². The summed E-state index contributed by atoms with van der Waals surface area (Å²) in [5.74, 6) is 0.516. The van der Waals surface area contributed by atoms with Crippen LogP contribution in [0.15, 0.2) is 12.3 Å². The number of aromatic nitrogens is 2. The van der Waals surface area contributed by atoms with E-state index in [-0.39, 0.29) is 18.1 Å². The second-order valence-electron chi connectivity index (χ2n) is 4.23. The number of hydrogen-bond donors (Lipinski definition) is 2. The van der Waals surface area contributed by atoms with Crippen molar-refractivity contribution in [1.29, 1.82) is 0 Å². The SMILES string of the molecule is Cn1nccc1NC(=O)COC1(C)CNC1. The molecule has 2 N–H and O–H groups in total. The van der Waals surface area contributed by atoms with E-state index in [0.29, 0.717) is 5.82 Å². The van der Waals surface area contributed by atoms with Gasteiger partial charge >= 0.3 is 0 Å². The summed E-state index contributed by atoms with van der Waals surface area (Å²) in [7, 11) is 1.77. The molecule has 1 aliphatic rings. The fourth-order valence-electron chi connectivity index (χ4n) is 1.49. The van der Waals surface area contributed by atoms with Crippen LogP contribution in [0, 0.1) is 0 Å². The highest BCUT2D eigenvalue weighted by Gasteiger charge is 2.33. The summed E-state index contributed by atoms with van der Waals surface area (Å²) in [6.07, 6.45) is 1.63. The van der Waals surface area contributed by atoms with Crippen LogP contribution in [-0.2, 0) is 16.6 Å². The standard InChI is InChI=1S/C10H16N4O2/c1-10(6-11-7-10)16-5-9(15)13-8-3-4-12-14(8)2/h3-4,11H,5-7H2,1-2H3,(H,13,15). The molecule has 1 fully saturated rings. The summed E-state index contributed by atoms with van der Waals surface area (Å²) in [6, 6.07) is 1.74. The Bertz CT molecular complexity index is 384. The first kappa shape index (κ1) is 11.1. The molecule has 0 bridgehead atoms. The highest BCUT2D eigenvalue weighted by atomic mass is 16.5. The summed E-state index contributed by atoms with van der Waals surface area (Å²) in [5.41, 5.74) is -0.191. The second kappa shape index (κ2) is 4.23. The fraction of sp³-hybridized carbons (Fsp3) is 0.600. The minimum atomic E-state index is -0.191. The van der Waals surface area contributed by atoms with E-state index >= 15 is 0 Å². The first-order chi connectivity index (χ1) is 7.59. The summed E-state index contributed by atoms with van der Waals surface area (Å²) in [4.78, 5) is 11.6. The van der Waals surface area contributed by atoms with Crippen LogP contribution in [0.5, 0.6) is 0 Å². The lowest BCUT2D eigenvalue weighted by atomic mass is 10.0. The molecule has 1 aliphatic heterocycles. The number of anilines is 1. The Kier molecular flexibility index (Phi) is 2.93. The van der Waals surface area contributed by atoms with E-state index in [9.17, 15) is 4.79 Å². The van der Waals surface area contributed by atoms with E-state index in [1.54, 1.807) is 24.0 Å². The van der Waals surface area contributed by atoms with Gasteiger partial charge in [0.15, 0.2) is 0 Å². The van der Waals surface area contributed by atoms with Gasteiger partial charge in [0, 0.05) is 26.2 Å². The molecule has 2 rings (SSSR count). The zero-order valence-corrected chi connectivity index (χ0v) is 9.49. The van der Waals surface area contributed by atoms with Gasteiger partial charge in [-0.1, -0.05) is 0 Å². The Balaban J connectivity index is 1.78. The van der Waals surface area contributed by atoms with Gasteiger partial charge in [-0.2, -0.15) is 5.10 Å². The maximum atomic E-state index is 11.6. The molecule has 0 unspecified atom stereocenters. The molecule has 1 aromatic heterocycles. The number of ether oxygens (including phenoxy) is 1. The molecule has 0 aromatic carbocycles. The normalized spacial score (nSPS) is 17.9. The number of carbonyl (C=O) groups is 1. The van der Waals surface area contributed by atoms with Gasteiger partial charge < -0.3 is 15.4 Å². The average molecular weight is 224 g/mol. The zero-order chi connectivity index (χ0) is 11.6. The number of aryl methyl sites for hydroxylation is 1. The van der Waals surface area contributed by atoms with Crippen molar-refractivity contribution in [2.45, 2.75) is 12.5 Å². The maximum absolute atomic E-state index is 11.6. The maximum Gasteiger partial charge on any atom is 0.251 e. The van der Waals surface area contributed by atoms with Gasteiger partial charge in [0.1, 0.15) is 12.4 Å². The molecular weight excluding hydrogens is 208 g/mol. The van der Waals surface area contributed by atoms with Gasteiger partial charge in [0.2, 0.25) is 0 Å². The Hall–Kier alpha value is -1.40. The predicted molar refractivity (Wildman–Crippen MR) is 59.1 cm³/mol. The van der Waals surface area contributed by atoms with Crippen molar-refractivity contribution >= 4 is 11.7 Å². The van der Waals surface area contributed by atoms with Crippen LogP contribution < -0.4 is 10.6 Å². The lowest BCUT2D eigenvalue weighted by molar-refractivity contribution is -0.130. The van der Waals surface area contributed by atoms with Crippen LogP contribution in [0.1, 0.15) is 6.92 Å². The van der Waals surface area contributed by atoms with E-state index < -0.39 is 0 Å². The summed E-state index contributed by atoms with van der Waals surface area (Å²) >= 11 is 0. The van der Waals surface area contributed by atoms with Crippen molar-refractivity contribution in [2.75, 3.05) is 25.0 Å². The van der Waals surface area contributed by atoms with Crippen molar-refractivity contribution in [3.05, 3.63) is 12.3 Å². The zero-order valence-electron chi connectivity index (χ0n) is 9.49. The molecule has 1 saturated heterocycles. The van der Waals surface area contributed by atoms with Crippen molar-refractivity contribution in [1.82, 2.24) is 15.1 Å². The third-order valence-electron chi connectivity index (χ3n) is 2.64. The van der Waals surface area contributed by atoms with Gasteiger partial charge in [0.05, 0.1) is 11.8 Å². The van der Waals surface area contributed by atoms with Gasteiger partial charge in [0.25, 0.3) is 5.91 Å². The lowest BCUT2D eigenvalue weighted by Gasteiger charge is -2.38. The molecule has 6 heteroatoms. The van der Waals surface area contributed by atoms with Gasteiger partial charge in [-0.3, -0.25) is 9.48 Å². The third kappa shape index (κ3) is 2.40. The Morgan fingerprint density at radius 3 is 3.00 bits per heavy atom. The molecule has 0 saturated carbocycles. The molecule has 1 aromatic rings.